The Morgan fingerprint density at radius 2 is 2.15 bits per heavy atom. The molecule has 0 N–H and O–H groups in total. The molecule has 0 bridgehead atoms. The largest absolute Gasteiger partial charge is 1.00 e. The van der Waals surface area contributed by atoms with E-state index in [4.69, 9.17) is 0 Å². The predicted octanol–water partition coefficient (Wildman–Crippen LogP) is -0.870. The topological polar surface area (TPSA) is 49.4 Å². The van der Waals surface area contributed by atoms with Gasteiger partial charge in [0.25, 0.3) is 0 Å². The summed E-state index contributed by atoms with van der Waals surface area (Å²) in [4.78, 5) is 0. The van der Waals surface area contributed by atoms with E-state index >= 15 is 0 Å². The van der Waals surface area contributed by atoms with E-state index in [9.17, 15) is 8.76 Å². The third kappa shape index (κ3) is 11.0. The standard InChI is InChI=1S/C8H18O3S.Na.H/c1-3-5-6-8(4-2)7-11-12(9)10;;/h8H,3-7H2,1-2H3,(H,9,10);;/q;+1;-1/p-1. The van der Waals surface area contributed by atoms with E-state index in [2.05, 4.69) is 18.0 Å². The summed E-state index contributed by atoms with van der Waals surface area (Å²) in [6.07, 6.45) is 4.34. The van der Waals surface area contributed by atoms with Gasteiger partial charge in [-0.2, -0.15) is 0 Å². The predicted molar refractivity (Wildman–Crippen MR) is 49.3 cm³/mol. The Bertz CT molecular complexity index is 138. The molecule has 0 aromatic heterocycles. The average Bonchev–Trinajstić information content (AvgIpc) is 2.05. The maximum absolute atomic E-state index is 10.1. The molecule has 0 radical (unpaired) electrons. The van der Waals surface area contributed by atoms with Gasteiger partial charge >= 0.3 is 29.6 Å². The zero-order valence-corrected chi connectivity index (χ0v) is 11.6. The van der Waals surface area contributed by atoms with Crippen molar-refractivity contribution in [2.24, 2.45) is 5.92 Å². The molecule has 13 heavy (non-hydrogen) atoms. The Morgan fingerprint density at radius 1 is 1.54 bits per heavy atom. The van der Waals surface area contributed by atoms with Gasteiger partial charge in [0.2, 0.25) is 0 Å². The first-order valence-electron chi connectivity index (χ1n) is 4.43. The zero-order valence-electron chi connectivity index (χ0n) is 9.75. The average molecular weight is 217 g/mol. The van der Waals surface area contributed by atoms with Crippen molar-refractivity contribution in [2.75, 3.05) is 6.61 Å². The quantitative estimate of drug-likeness (QED) is 0.411. The normalized spacial score (nSPS) is 14.7. The Morgan fingerprint density at radius 3 is 2.54 bits per heavy atom. The summed E-state index contributed by atoms with van der Waals surface area (Å²) in [6, 6.07) is 0. The fraction of sp³-hybridized carbons (Fsp3) is 1.00. The summed E-state index contributed by atoms with van der Waals surface area (Å²) in [5.41, 5.74) is 0. The molecule has 2 atom stereocenters. The van der Waals surface area contributed by atoms with Gasteiger partial charge in [-0.05, 0) is 12.3 Å². The monoisotopic (exact) mass is 217 g/mol. The van der Waals surface area contributed by atoms with Crippen molar-refractivity contribution in [2.45, 2.75) is 39.5 Å². The fourth-order valence-corrected chi connectivity index (χ4v) is 1.35. The first-order chi connectivity index (χ1) is 5.70. The van der Waals surface area contributed by atoms with Crippen LogP contribution in [-0.2, 0) is 15.5 Å². The van der Waals surface area contributed by atoms with Gasteiger partial charge in [0, 0.05) is 0 Å². The number of rotatable bonds is 7. The van der Waals surface area contributed by atoms with Crippen molar-refractivity contribution in [3.8, 4) is 0 Å². The molecular formula is C8H18NaO3S-. The van der Waals surface area contributed by atoms with Crippen molar-refractivity contribution in [1.82, 2.24) is 0 Å². The van der Waals surface area contributed by atoms with Gasteiger partial charge < -0.3 is 10.2 Å². The van der Waals surface area contributed by atoms with Gasteiger partial charge in [-0.25, -0.2) is 4.21 Å². The molecule has 0 spiro atoms. The fourth-order valence-electron chi connectivity index (χ4n) is 1.05. The van der Waals surface area contributed by atoms with E-state index in [1.54, 1.807) is 0 Å². The van der Waals surface area contributed by atoms with Crippen LogP contribution in [0.1, 0.15) is 41.0 Å². The SMILES string of the molecule is CCCCC(CC)COS(=O)[O-].[H-].[Na+]. The third-order valence-electron chi connectivity index (χ3n) is 1.94. The summed E-state index contributed by atoms with van der Waals surface area (Å²) >= 11 is -2.34. The van der Waals surface area contributed by atoms with Crippen LogP contribution in [0.5, 0.6) is 0 Å². The Kier molecular flexibility index (Phi) is 14.1. The molecule has 0 aliphatic rings. The molecule has 0 aliphatic carbocycles. The molecule has 5 heteroatoms. The van der Waals surface area contributed by atoms with Crippen molar-refractivity contribution in [3.63, 3.8) is 0 Å². The smallest absolute Gasteiger partial charge is 1.00 e. The second-order valence-corrected chi connectivity index (χ2v) is 3.55. The van der Waals surface area contributed by atoms with Gasteiger partial charge in [0.15, 0.2) is 0 Å². The second-order valence-electron chi connectivity index (χ2n) is 2.91. The Hall–Kier alpha value is 1.07. The van der Waals surface area contributed by atoms with Crippen molar-refractivity contribution in [1.29, 1.82) is 0 Å². The van der Waals surface area contributed by atoms with Crippen molar-refractivity contribution in [3.05, 3.63) is 0 Å². The molecule has 3 nitrogen and oxygen atoms in total. The second kappa shape index (κ2) is 11.1. The van der Waals surface area contributed by atoms with E-state index in [1.807, 2.05) is 0 Å². The Balaban J connectivity index is -0.000000605. The van der Waals surface area contributed by atoms with E-state index < -0.39 is 11.4 Å². The molecule has 0 saturated carbocycles. The molecule has 0 heterocycles. The molecule has 0 saturated heterocycles. The summed E-state index contributed by atoms with van der Waals surface area (Å²) < 4.78 is 24.7. The van der Waals surface area contributed by atoms with Crippen LogP contribution < -0.4 is 29.6 Å². The van der Waals surface area contributed by atoms with Gasteiger partial charge in [-0.1, -0.05) is 33.1 Å². The minimum Gasteiger partial charge on any atom is -1.00 e. The van der Waals surface area contributed by atoms with Crippen LogP contribution in [0.2, 0.25) is 0 Å². The minimum absolute atomic E-state index is 0. The van der Waals surface area contributed by atoms with Crippen LogP contribution in [0.4, 0.5) is 0 Å². The van der Waals surface area contributed by atoms with Gasteiger partial charge in [0.05, 0.1) is 18.0 Å². The molecule has 0 aromatic carbocycles. The van der Waals surface area contributed by atoms with E-state index in [1.165, 1.54) is 0 Å². The molecule has 76 valence electrons. The van der Waals surface area contributed by atoms with Crippen LogP contribution in [0, 0.1) is 5.92 Å². The molecule has 2 unspecified atom stereocenters. The maximum atomic E-state index is 10.1. The van der Waals surface area contributed by atoms with Gasteiger partial charge in [-0.15, -0.1) is 0 Å². The maximum Gasteiger partial charge on any atom is 1.00 e. The first kappa shape index (κ1) is 16.5. The minimum atomic E-state index is -2.34. The zero-order chi connectivity index (χ0) is 9.40. The van der Waals surface area contributed by atoms with Gasteiger partial charge in [-0.3, -0.25) is 0 Å². The van der Waals surface area contributed by atoms with Crippen molar-refractivity contribution >= 4 is 11.4 Å². The number of hydrogen-bond acceptors (Lipinski definition) is 3. The molecule has 0 aromatic rings. The summed E-state index contributed by atoms with van der Waals surface area (Å²) in [7, 11) is 0. The van der Waals surface area contributed by atoms with Crippen LogP contribution in [0.25, 0.3) is 0 Å². The van der Waals surface area contributed by atoms with Crippen LogP contribution in [0.15, 0.2) is 0 Å². The number of hydrogen-bond donors (Lipinski definition) is 0. The molecular weight excluding hydrogens is 199 g/mol. The van der Waals surface area contributed by atoms with E-state index in [-0.39, 0.29) is 31.0 Å². The van der Waals surface area contributed by atoms with Gasteiger partial charge in [0.1, 0.15) is 0 Å². The van der Waals surface area contributed by atoms with Crippen LogP contribution in [-0.4, -0.2) is 15.4 Å². The molecule has 0 fully saturated rings. The van der Waals surface area contributed by atoms with Crippen LogP contribution in [0.3, 0.4) is 0 Å². The molecule has 0 amide bonds. The van der Waals surface area contributed by atoms with Crippen molar-refractivity contribution < 1.29 is 43.9 Å². The van der Waals surface area contributed by atoms with Crippen LogP contribution >= 0.6 is 0 Å². The molecule has 0 rings (SSSR count). The Labute approximate surface area is 107 Å². The van der Waals surface area contributed by atoms with E-state index in [0.717, 1.165) is 25.7 Å². The summed E-state index contributed by atoms with van der Waals surface area (Å²) in [5.74, 6) is 0.392. The third-order valence-corrected chi connectivity index (χ3v) is 2.27. The number of unbranched alkanes of at least 4 members (excludes halogenated alkanes) is 1. The molecule has 0 aliphatic heterocycles. The summed E-state index contributed by atoms with van der Waals surface area (Å²) in [6.45, 7) is 4.52. The summed E-state index contributed by atoms with van der Waals surface area (Å²) in [5, 5.41) is 0. The first-order valence-corrected chi connectivity index (χ1v) is 5.43. The van der Waals surface area contributed by atoms with E-state index in [0.29, 0.717) is 12.5 Å².